The van der Waals surface area contributed by atoms with Crippen molar-refractivity contribution in [3.63, 3.8) is 0 Å². The number of likely N-dealkylation sites (tertiary alicyclic amines) is 1. The molecular weight excluding hydrogens is 455 g/mol. The monoisotopic (exact) mass is 488 g/mol. The first-order valence-electron chi connectivity index (χ1n) is 12.6. The van der Waals surface area contributed by atoms with E-state index in [0.29, 0.717) is 36.6 Å². The van der Waals surface area contributed by atoms with Gasteiger partial charge in [-0.05, 0) is 86.0 Å². The van der Waals surface area contributed by atoms with Crippen molar-refractivity contribution in [3.05, 3.63) is 71.9 Å². The first kappa shape index (κ1) is 25.7. The summed E-state index contributed by atoms with van der Waals surface area (Å²) in [6.07, 6.45) is 3.34. The van der Waals surface area contributed by atoms with Crippen LogP contribution in [0, 0.1) is 23.7 Å². The van der Waals surface area contributed by atoms with Gasteiger partial charge in [-0.2, -0.15) is 0 Å². The molecule has 0 radical (unpaired) electrons. The largest absolute Gasteiger partial charge is 0.497 e. The number of pyridine rings is 1. The predicted octanol–water partition coefficient (Wildman–Crippen LogP) is 5.89. The SMILES string of the molecule is COc1ccc2nccc([C@H](F)CC[C@@H]3CCN(CC#Cc4ccccc4)C[C@H]3CCC(=O)O)c2c1. The molecule has 188 valence electrons. The minimum Gasteiger partial charge on any atom is -0.497 e. The highest BCUT2D eigenvalue weighted by Gasteiger charge is 2.30. The Bertz CT molecular complexity index is 1220. The molecule has 1 saturated heterocycles. The van der Waals surface area contributed by atoms with E-state index in [0.717, 1.165) is 42.4 Å². The summed E-state index contributed by atoms with van der Waals surface area (Å²) in [5.74, 6) is 6.86. The standard InChI is InChI=1S/C30H33FN2O3/c1-36-25-11-13-29-27(20-25)26(15-17-32-29)28(31)12-9-23-16-19-33(21-24(23)10-14-30(34)35)18-5-8-22-6-3-2-4-7-22/h2-4,6-7,11,13,15,17,20,23-24,28H,9-10,12,14,16,18-19,21H2,1H3,(H,34,35)/t23-,24-,28-/m1/s1. The lowest BCUT2D eigenvalue weighted by atomic mass is 9.79. The highest BCUT2D eigenvalue weighted by molar-refractivity contribution is 5.83. The summed E-state index contributed by atoms with van der Waals surface area (Å²) in [4.78, 5) is 17.9. The molecule has 1 aliphatic heterocycles. The van der Waals surface area contributed by atoms with Gasteiger partial charge in [-0.1, -0.05) is 30.0 Å². The second-order valence-corrected chi connectivity index (χ2v) is 9.47. The molecule has 1 aromatic heterocycles. The molecule has 0 saturated carbocycles. The number of hydrogen-bond donors (Lipinski definition) is 1. The second kappa shape index (κ2) is 12.5. The Hall–Kier alpha value is -3.43. The van der Waals surface area contributed by atoms with Gasteiger partial charge in [-0.25, -0.2) is 4.39 Å². The molecule has 0 bridgehead atoms. The fourth-order valence-electron chi connectivity index (χ4n) is 5.15. The van der Waals surface area contributed by atoms with E-state index in [1.807, 2.05) is 48.5 Å². The Labute approximate surface area is 212 Å². The number of carboxylic acids is 1. The predicted molar refractivity (Wildman–Crippen MR) is 140 cm³/mol. The normalized spacial score (nSPS) is 18.8. The summed E-state index contributed by atoms with van der Waals surface area (Å²) in [6.45, 7) is 2.35. The van der Waals surface area contributed by atoms with Gasteiger partial charge in [-0.15, -0.1) is 0 Å². The molecule has 0 spiro atoms. The highest BCUT2D eigenvalue weighted by atomic mass is 19.1. The molecule has 3 aromatic rings. The average molecular weight is 489 g/mol. The summed E-state index contributed by atoms with van der Waals surface area (Å²) in [6, 6.07) is 17.2. The number of fused-ring (bicyclic) bond motifs is 1. The van der Waals surface area contributed by atoms with E-state index >= 15 is 4.39 Å². The third-order valence-electron chi connectivity index (χ3n) is 7.12. The van der Waals surface area contributed by atoms with Crippen molar-refractivity contribution in [1.29, 1.82) is 0 Å². The van der Waals surface area contributed by atoms with E-state index in [-0.39, 0.29) is 12.3 Å². The van der Waals surface area contributed by atoms with E-state index in [2.05, 4.69) is 21.7 Å². The Balaban J connectivity index is 1.39. The molecule has 0 unspecified atom stereocenters. The fraction of sp³-hybridized carbons (Fsp3) is 0.400. The second-order valence-electron chi connectivity index (χ2n) is 9.47. The zero-order chi connectivity index (χ0) is 25.3. The van der Waals surface area contributed by atoms with Gasteiger partial charge in [-0.3, -0.25) is 14.7 Å². The van der Waals surface area contributed by atoms with E-state index in [9.17, 15) is 9.90 Å². The van der Waals surface area contributed by atoms with Gasteiger partial charge in [0.1, 0.15) is 11.9 Å². The molecule has 3 atom stereocenters. The average Bonchev–Trinajstić information content (AvgIpc) is 2.91. The number of methoxy groups -OCH3 is 1. The third-order valence-corrected chi connectivity index (χ3v) is 7.12. The molecule has 0 amide bonds. The van der Waals surface area contributed by atoms with Crippen LogP contribution in [0.2, 0.25) is 0 Å². The van der Waals surface area contributed by atoms with Gasteiger partial charge in [0.25, 0.3) is 0 Å². The van der Waals surface area contributed by atoms with E-state index in [4.69, 9.17) is 4.74 Å². The van der Waals surface area contributed by atoms with Gasteiger partial charge in [0.05, 0.1) is 19.2 Å². The molecule has 2 heterocycles. The number of aromatic nitrogens is 1. The quantitative estimate of drug-likeness (QED) is 0.381. The highest BCUT2D eigenvalue weighted by Crippen LogP contribution is 2.36. The lowest BCUT2D eigenvalue weighted by molar-refractivity contribution is -0.137. The number of aliphatic carboxylic acids is 1. The summed E-state index contributed by atoms with van der Waals surface area (Å²) in [5, 5.41) is 10.0. The van der Waals surface area contributed by atoms with Crippen LogP contribution in [0.15, 0.2) is 60.8 Å². The van der Waals surface area contributed by atoms with Gasteiger partial charge >= 0.3 is 5.97 Å². The molecule has 2 aromatic carbocycles. The molecule has 5 nitrogen and oxygen atoms in total. The van der Waals surface area contributed by atoms with Crippen LogP contribution in [-0.4, -0.2) is 47.7 Å². The Kier molecular flexibility index (Phi) is 8.91. The molecule has 1 aliphatic rings. The topological polar surface area (TPSA) is 62.7 Å². The molecular formula is C30H33FN2O3. The van der Waals surface area contributed by atoms with Crippen molar-refractivity contribution in [3.8, 4) is 17.6 Å². The minimum absolute atomic E-state index is 0.137. The number of carboxylic acid groups (broad SMARTS) is 1. The van der Waals surface area contributed by atoms with Crippen LogP contribution in [0.5, 0.6) is 5.75 Å². The Morgan fingerprint density at radius 2 is 2.03 bits per heavy atom. The molecule has 6 heteroatoms. The molecule has 1 N–H and O–H groups in total. The first-order chi connectivity index (χ1) is 17.5. The van der Waals surface area contributed by atoms with Crippen LogP contribution in [0.25, 0.3) is 10.9 Å². The van der Waals surface area contributed by atoms with Crippen LogP contribution >= 0.6 is 0 Å². The van der Waals surface area contributed by atoms with Crippen molar-refractivity contribution in [1.82, 2.24) is 9.88 Å². The minimum atomic E-state index is -1.11. The fourth-order valence-corrected chi connectivity index (χ4v) is 5.15. The van der Waals surface area contributed by atoms with Crippen molar-refractivity contribution < 1.29 is 19.0 Å². The number of nitrogens with zero attached hydrogens (tertiary/aromatic N) is 2. The Morgan fingerprint density at radius 1 is 1.19 bits per heavy atom. The maximum absolute atomic E-state index is 15.5. The van der Waals surface area contributed by atoms with Gasteiger partial charge in [0.2, 0.25) is 0 Å². The number of carbonyl (C=O) groups is 1. The van der Waals surface area contributed by atoms with Crippen molar-refractivity contribution >= 4 is 16.9 Å². The molecule has 4 rings (SSSR count). The number of benzene rings is 2. The molecule has 36 heavy (non-hydrogen) atoms. The van der Waals surface area contributed by atoms with E-state index in [1.54, 1.807) is 19.4 Å². The maximum atomic E-state index is 15.5. The van der Waals surface area contributed by atoms with Gasteiger partial charge in [0, 0.05) is 30.1 Å². The number of hydrogen-bond acceptors (Lipinski definition) is 4. The third kappa shape index (κ3) is 6.83. The van der Waals surface area contributed by atoms with Crippen molar-refractivity contribution in [2.45, 2.75) is 38.3 Å². The van der Waals surface area contributed by atoms with Crippen molar-refractivity contribution in [2.24, 2.45) is 11.8 Å². The van der Waals surface area contributed by atoms with E-state index in [1.165, 1.54) is 0 Å². The molecule has 0 aliphatic carbocycles. The number of ether oxygens (including phenoxy) is 1. The lowest BCUT2D eigenvalue weighted by Crippen LogP contribution is -2.41. The van der Waals surface area contributed by atoms with Crippen LogP contribution in [0.3, 0.4) is 0 Å². The number of rotatable bonds is 9. The summed E-state index contributed by atoms with van der Waals surface area (Å²) < 4.78 is 20.8. The summed E-state index contributed by atoms with van der Waals surface area (Å²) in [5.41, 5.74) is 2.37. The number of halogens is 1. The summed E-state index contributed by atoms with van der Waals surface area (Å²) >= 11 is 0. The van der Waals surface area contributed by atoms with Crippen LogP contribution in [0.1, 0.15) is 49.4 Å². The van der Waals surface area contributed by atoms with Crippen LogP contribution in [-0.2, 0) is 4.79 Å². The van der Waals surface area contributed by atoms with Crippen molar-refractivity contribution in [2.75, 3.05) is 26.7 Å². The zero-order valence-corrected chi connectivity index (χ0v) is 20.7. The van der Waals surface area contributed by atoms with Gasteiger partial charge in [0.15, 0.2) is 0 Å². The van der Waals surface area contributed by atoms with Crippen LogP contribution < -0.4 is 4.74 Å². The number of alkyl halides is 1. The maximum Gasteiger partial charge on any atom is 0.303 e. The summed E-state index contributed by atoms with van der Waals surface area (Å²) in [7, 11) is 1.60. The van der Waals surface area contributed by atoms with E-state index < -0.39 is 12.1 Å². The zero-order valence-electron chi connectivity index (χ0n) is 20.7. The van der Waals surface area contributed by atoms with Gasteiger partial charge < -0.3 is 9.84 Å². The number of piperidine rings is 1. The van der Waals surface area contributed by atoms with Crippen LogP contribution in [0.4, 0.5) is 4.39 Å². The smallest absolute Gasteiger partial charge is 0.303 e. The molecule has 1 fully saturated rings. The lowest BCUT2D eigenvalue weighted by Gasteiger charge is -2.38. The Morgan fingerprint density at radius 3 is 2.81 bits per heavy atom. The first-order valence-corrected chi connectivity index (χ1v) is 12.6.